The van der Waals surface area contributed by atoms with Crippen molar-refractivity contribution in [2.24, 2.45) is 0 Å². The summed E-state index contributed by atoms with van der Waals surface area (Å²) >= 11 is 0. The zero-order valence-electron chi connectivity index (χ0n) is 12.5. The Morgan fingerprint density at radius 3 is 2.32 bits per heavy atom. The van der Waals surface area contributed by atoms with Crippen molar-refractivity contribution < 1.29 is 14.6 Å². The van der Waals surface area contributed by atoms with Crippen molar-refractivity contribution in [2.45, 2.75) is 38.2 Å². The van der Waals surface area contributed by atoms with Crippen molar-refractivity contribution in [3.8, 4) is 5.75 Å². The number of ether oxygens (including phenoxy) is 1. The predicted molar refractivity (Wildman–Crippen MR) is 85.1 cm³/mol. The second-order valence-corrected chi connectivity index (χ2v) is 5.24. The number of hydrogen-bond donors (Lipinski definition) is 1. The van der Waals surface area contributed by atoms with E-state index in [-0.39, 0.29) is 5.56 Å². The van der Waals surface area contributed by atoms with Crippen LogP contribution in [0.25, 0.3) is 0 Å². The molecule has 1 saturated carbocycles. The SMILES string of the molecule is O=C(O)c1cccnc1.c1ccc(OC2CCCCC2)cc1. The minimum atomic E-state index is -0.942. The van der Waals surface area contributed by atoms with Gasteiger partial charge in [0.1, 0.15) is 5.75 Å². The Balaban J connectivity index is 0.000000172. The number of rotatable bonds is 3. The molecule has 116 valence electrons. The normalized spacial score (nSPS) is 14.5. The van der Waals surface area contributed by atoms with Gasteiger partial charge in [0, 0.05) is 12.4 Å². The summed E-state index contributed by atoms with van der Waals surface area (Å²) in [6.07, 6.45) is 9.82. The topological polar surface area (TPSA) is 59.4 Å². The van der Waals surface area contributed by atoms with E-state index >= 15 is 0 Å². The summed E-state index contributed by atoms with van der Waals surface area (Å²) in [4.78, 5) is 13.8. The fourth-order valence-electron chi connectivity index (χ4n) is 2.36. The molecule has 0 bridgehead atoms. The Kier molecular flexibility index (Phi) is 6.42. The lowest BCUT2D eigenvalue weighted by molar-refractivity contribution is 0.0696. The van der Waals surface area contributed by atoms with E-state index in [1.54, 1.807) is 6.07 Å². The van der Waals surface area contributed by atoms with Gasteiger partial charge in [-0.15, -0.1) is 0 Å². The standard InChI is InChI=1S/C12H16O.C6H5NO2/c1-3-7-11(8-4-1)13-12-9-5-2-6-10-12;8-6(9)5-2-1-3-7-4-5/h1,3-4,7-8,12H,2,5-6,9-10H2;1-4H,(H,8,9). The van der Waals surface area contributed by atoms with Gasteiger partial charge < -0.3 is 9.84 Å². The van der Waals surface area contributed by atoms with Gasteiger partial charge in [0.25, 0.3) is 0 Å². The highest BCUT2D eigenvalue weighted by molar-refractivity contribution is 5.86. The summed E-state index contributed by atoms with van der Waals surface area (Å²) in [5.41, 5.74) is 0.220. The summed E-state index contributed by atoms with van der Waals surface area (Å²) in [6, 6.07) is 13.2. The number of nitrogens with zero attached hydrogens (tertiary/aromatic N) is 1. The molecule has 22 heavy (non-hydrogen) atoms. The molecular formula is C18H21NO3. The number of carboxylic acid groups (broad SMARTS) is 1. The third-order valence-corrected chi connectivity index (χ3v) is 3.51. The van der Waals surface area contributed by atoms with E-state index in [0.29, 0.717) is 6.10 Å². The Hall–Kier alpha value is -2.36. The van der Waals surface area contributed by atoms with Crippen LogP contribution in [0, 0.1) is 0 Å². The number of benzene rings is 1. The van der Waals surface area contributed by atoms with Gasteiger partial charge in [-0.3, -0.25) is 4.98 Å². The first-order valence-electron chi connectivity index (χ1n) is 7.61. The first kappa shape index (κ1) is 16.0. The highest BCUT2D eigenvalue weighted by Gasteiger charge is 2.14. The maximum Gasteiger partial charge on any atom is 0.337 e. The molecule has 4 heteroatoms. The number of carbonyl (C=O) groups is 1. The van der Waals surface area contributed by atoms with Crippen LogP contribution in [0.2, 0.25) is 0 Å². The van der Waals surface area contributed by atoms with E-state index in [0.717, 1.165) is 5.75 Å². The fraction of sp³-hybridized carbons (Fsp3) is 0.333. The molecule has 0 amide bonds. The van der Waals surface area contributed by atoms with Gasteiger partial charge >= 0.3 is 5.97 Å². The van der Waals surface area contributed by atoms with Crippen molar-refractivity contribution in [3.05, 3.63) is 60.4 Å². The van der Waals surface area contributed by atoms with E-state index in [9.17, 15) is 4.79 Å². The molecule has 1 aromatic carbocycles. The number of aromatic nitrogens is 1. The van der Waals surface area contributed by atoms with E-state index in [4.69, 9.17) is 9.84 Å². The van der Waals surface area contributed by atoms with Crippen LogP contribution in [0.4, 0.5) is 0 Å². The van der Waals surface area contributed by atoms with Gasteiger partial charge in [0.05, 0.1) is 11.7 Å². The van der Waals surface area contributed by atoms with Crippen LogP contribution in [0.3, 0.4) is 0 Å². The molecule has 0 saturated heterocycles. The lowest BCUT2D eigenvalue weighted by Crippen LogP contribution is -2.19. The molecule has 1 aliphatic carbocycles. The number of para-hydroxylation sites is 1. The molecule has 0 atom stereocenters. The minimum Gasteiger partial charge on any atom is -0.490 e. The van der Waals surface area contributed by atoms with Gasteiger partial charge in [-0.1, -0.05) is 24.6 Å². The Labute approximate surface area is 130 Å². The smallest absolute Gasteiger partial charge is 0.337 e. The molecule has 1 fully saturated rings. The highest BCUT2D eigenvalue weighted by Crippen LogP contribution is 2.22. The van der Waals surface area contributed by atoms with Crippen LogP contribution in [0.15, 0.2) is 54.9 Å². The number of carboxylic acids is 1. The molecule has 0 unspecified atom stereocenters. The first-order chi connectivity index (χ1) is 10.8. The van der Waals surface area contributed by atoms with E-state index in [2.05, 4.69) is 4.98 Å². The van der Waals surface area contributed by atoms with Gasteiger partial charge in [-0.25, -0.2) is 4.79 Å². The molecule has 0 aliphatic heterocycles. The van der Waals surface area contributed by atoms with Crippen molar-refractivity contribution in [1.29, 1.82) is 0 Å². The number of pyridine rings is 1. The molecule has 0 radical (unpaired) electrons. The Morgan fingerprint density at radius 1 is 1.05 bits per heavy atom. The summed E-state index contributed by atoms with van der Waals surface area (Å²) < 4.78 is 5.86. The van der Waals surface area contributed by atoms with E-state index < -0.39 is 5.97 Å². The molecule has 0 spiro atoms. The third kappa shape index (κ3) is 5.56. The van der Waals surface area contributed by atoms with E-state index in [1.807, 2.05) is 30.3 Å². The number of hydrogen-bond acceptors (Lipinski definition) is 3. The Morgan fingerprint density at radius 2 is 1.77 bits per heavy atom. The molecule has 2 aromatic rings. The van der Waals surface area contributed by atoms with Gasteiger partial charge in [-0.05, 0) is 49.9 Å². The predicted octanol–water partition coefficient (Wildman–Crippen LogP) is 4.18. The molecule has 1 aromatic heterocycles. The second-order valence-electron chi connectivity index (χ2n) is 5.24. The average Bonchev–Trinajstić information content (AvgIpc) is 2.58. The van der Waals surface area contributed by atoms with Crippen LogP contribution in [0.5, 0.6) is 5.75 Å². The van der Waals surface area contributed by atoms with Crippen LogP contribution in [-0.4, -0.2) is 22.2 Å². The maximum absolute atomic E-state index is 10.2. The van der Waals surface area contributed by atoms with Gasteiger partial charge in [-0.2, -0.15) is 0 Å². The van der Waals surface area contributed by atoms with Crippen LogP contribution >= 0.6 is 0 Å². The quantitative estimate of drug-likeness (QED) is 0.923. The number of aromatic carboxylic acids is 1. The minimum absolute atomic E-state index is 0.220. The molecule has 4 nitrogen and oxygen atoms in total. The van der Waals surface area contributed by atoms with Crippen molar-refractivity contribution in [3.63, 3.8) is 0 Å². The fourth-order valence-corrected chi connectivity index (χ4v) is 2.36. The van der Waals surface area contributed by atoms with Crippen molar-refractivity contribution >= 4 is 5.97 Å². The molecule has 3 rings (SSSR count). The second kappa shape index (κ2) is 8.82. The van der Waals surface area contributed by atoms with E-state index in [1.165, 1.54) is 50.6 Å². The summed E-state index contributed by atoms with van der Waals surface area (Å²) in [7, 11) is 0. The molecular weight excluding hydrogens is 278 g/mol. The van der Waals surface area contributed by atoms with Gasteiger partial charge in [0.2, 0.25) is 0 Å². The van der Waals surface area contributed by atoms with Gasteiger partial charge in [0.15, 0.2) is 0 Å². The molecule has 1 N–H and O–H groups in total. The van der Waals surface area contributed by atoms with Crippen molar-refractivity contribution in [2.75, 3.05) is 0 Å². The lowest BCUT2D eigenvalue weighted by atomic mass is 9.98. The first-order valence-corrected chi connectivity index (χ1v) is 7.61. The average molecular weight is 299 g/mol. The van der Waals surface area contributed by atoms with Crippen LogP contribution < -0.4 is 4.74 Å². The Bertz CT molecular complexity index is 551. The molecule has 1 aliphatic rings. The van der Waals surface area contributed by atoms with Crippen LogP contribution in [-0.2, 0) is 0 Å². The van der Waals surface area contributed by atoms with Crippen molar-refractivity contribution in [1.82, 2.24) is 4.98 Å². The summed E-state index contributed by atoms with van der Waals surface area (Å²) in [5, 5.41) is 8.34. The lowest BCUT2D eigenvalue weighted by Gasteiger charge is -2.22. The maximum atomic E-state index is 10.2. The monoisotopic (exact) mass is 299 g/mol. The molecule has 1 heterocycles. The zero-order chi connectivity index (χ0) is 15.6. The largest absolute Gasteiger partial charge is 0.490 e. The highest BCUT2D eigenvalue weighted by atomic mass is 16.5. The summed E-state index contributed by atoms with van der Waals surface area (Å²) in [5.74, 6) is 0.0810. The zero-order valence-corrected chi connectivity index (χ0v) is 12.5. The third-order valence-electron chi connectivity index (χ3n) is 3.51. The van der Waals surface area contributed by atoms with Crippen LogP contribution in [0.1, 0.15) is 42.5 Å². The summed E-state index contributed by atoms with van der Waals surface area (Å²) in [6.45, 7) is 0.